The van der Waals surface area contributed by atoms with Crippen molar-refractivity contribution < 1.29 is 22.7 Å². The molecule has 0 saturated heterocycles. The summed E-state index contributed by atoms with van der Waals surface area (Å²) in [6.07, 6.45) is -3.44. The molecule has 3 aromatic rings. The number of para-hydroxylation sites is 1. The van der Waals surface area contributed by atoms with Gasteiger partial charge in [0, 0.05) is 13.1 Å². The lowest BCUT2D eigenvalue weighted by molar-refractivity contribution is -0.274. The molecule has 0 spiro atoms. The van der Waals surface area contributed by atoms with Gasteiger partial charge in [0.1, 0.15) is 5.52 Å². The molecule has 1 heterocycles. The van der Waals surface area contributed by atoms with E-state index in [1.165, 1.54) is 6.07 Å². The van der Waals surface area contributed by atoms with E-state index >= 15 is 0 Å². The molecule has 0 unspecified atom stereocenters. The second-order valence-electron chi connectivity index (χ2n) is 5.61. The van der Waals surface area contributed by atoms with Crippen molar-refractivity contribution >= 4 is 41.3 Å². The summed E-state index contributed by atoms with van der Waals surface area (Å²) in [5.74, 6) is -0.729. The van der Waals surface area contributed by atoms with Crippen LogP contribution in [0.2, 0.25) is 0 Å². The van der Waals surface area contributed by atoms with Crippen LogP contribution in [0.5, 0.6) is 5.75 Å². The van der Waals surface area contributed by atoms with Crippen molar-refractivity contribution in [3.8, 4) is 11.8 Å². The average Bonchev–Trinajstić information content (AvgIpc) is 3.02. The highest BCUT2D eigenvalue weighted by Crippen LogP contribution is 2.35. The van der Waals surface area contributed by atoms with Crippen molar-refractivity contribution in [1.82, 2.24) is 9.55 Å². The predicted octanol–water partition coefficient (Wildman–Crippen LogP) is 4.23. The fourth-order valence-electron chi connectivity index (χ4n) is 2.50. The van der Waals surface area contributed by atoms with E-state index in [9.17, 15) is 18.0 Å². The summed E-state index contributed by atoms with van der Waals surface area (Å²) in [5, 5.41) is 11.4. The molecule has 2 aromatic carbocycles. The van der Waals surface area contributed by atoms with E-state index < -0.39 is 18.1 Å². The minimum Gasteiger partial charge on any atom is -0.403 e. The fourth-order valence-corrected chi connectivity index (χ4v) is 2.72. The first kappa shape index (κ1) is 19.4. The Labute approximate surface area is 162 Å². The molecule has 0 radical (unpaired) electrons. The first-order valence-corrected chi connectivity index (χ1v) is 8.09. The zero-order valence-corrected chi connectivity index (χ0v) is 15.1. The maximum atomic E-state index is 12.7. The number of benzene rings is 2. The van der Waals surface area contributed by atoms with Gasteiger partial charge in [0.25, 0.3) is 0 Å². The Bertz CT molecular complexity index is 1090. The normalized spacial score (nSPS) is 11.1. The van der Waals surface area contributed by atoms with Gasteiger partial charge in [0.05, 0.1) is 34.9 Å². The molecule has 1 aromatic heterocycles. The van der Waals surface area contributed by atoms with Crippen LogP contribution in [-0.4, -0.2) is 21.9 Å². The Morgan fingerprint density at radius 1 is 1.36 bits per heavy atom. The first-order chi connectivity index (χ1) is 13.2. The van der Waals surface area contributed by atoms with Gasteiger partial charge in [-0.15, -0.1) is 13.2 Å². The number of carbonyl (C=O) groups excluding carboxylic acids is 1. The molecule has 11 heteroatoms. The molecule has 7 nitrogen and oxygen atoms in total. The summed E-state index contributed by atoms with van der Waals surface area (Å²) in [6, 6.07) is 9.22. The van der Waals surface area contributed by atoms with Gasteiger partial charge < -0.3 is 14.6 Å². The number of carbonyl (C=O) groups is 1. The standard InChI is InChI=1S/C17H12F3N5O2S/c1-24-9-22-15-11(3-2-4-13(15)24)23-16(26)25(28)12-6-5-10(8-21)7-14(12)27-17(18,19)20/h2-7,9,28H,1H3,(H,23,26). The Hall–Kier alpha value is -3.39. The Balaban J connectivity index is 1.91. The minimum absolute atomic E-state index is 0.0663. The third-order valence-electron chi connectivity index (χ3n) is 3.73. The van der Waals surface area contributed by atoms with E-state index in [4.69, 9.17) is 5.26 Å². The molecule has 1 N–H and O–H groups in total. The Morgan fingerprint density at radius 3 is 2.79 bits per heavy atom. The number of imidazole rings is 1. The van der Waals surface area contributed by atoms with Crippen LogP contribution < -0.4 is 14.4 Å². The van der Waals surface area contributed by atoms with E-state index in [0.717, 1.165) is 17.6 Å². The van der Waals surface area contributed by atoms with E-state index in [1.54, 1.807) is 42.2 Å². The van der Waals surface area contributed by atoms with Crippen LogP contribution in [0.15, 0.2) is 42.7 Å². The lowest BCUT2D eigenvalue weighted by Crippen LogP contribution is -2.28. The molecule has 3 rings (SSSR count). The van der Waals surface area contributed by atoms with Crippen LogP contribution in [0.25, 0.3) is 11.0 Å². The monoisotopic (exact) mass is 407 g/mol. The fraction of sp³-hybridized carbons (Fsp3) is 0.118. The number of hydrogen-bond acceptors (Lipinski definition) is 5. The summed E-state index contributed by atoms with van der Waals surface area (Å²) in [5.41, 5.74) is 1.26. The number of alkyl halides is 3. The summed E-state index contributed by atoms with van der Waals surface area (Å²) < 4.78 is 44.4. The van der Waals surface area contributed by atoms with Gasteiger partial charge in [-0.1, -0.05) is 18.9 Å². The molecule has 0 bridgehead atoms. The van der Waals surface area contributed by atoms with Crippen LogP contribution in [-0.2, 0) is 7.05 Å². The zero-order valence-electron chi connectivity index (χ0n) is 14.2. The van der Waals surface area contributed by atoms with E-state index in [0.29, 0.717) is 15.5 Å². The van der Waals surface area contributed by atoms with Crippen molar-refractivity contribution in [2.24, 2.45) is 7.05 Å². The molecule has 0 fully saturated rings. The van der Waals surface area contributed by atoms with E-state index in [2.05, 4.69) is 27.9 Å². The van der Waals surface area contributed by atoms with Crippen LogP contribution in [0.3, 0.4) is 0 Å². The lowest BCUT2D eigenvalue weighted by Gasteiger charge is -2.20. The van der Waals surface area contributed by atoms with Crippen LogP contribution in [0, 0.1) is 11.3 Å². The number of fused-ring (bicyclic) bond motifs is 1. The van der Waals surface area contributed by atoms with Crippen molar-refractivity contribution in [2.75, 3.05) is 9.62 Å². The van der Waals surface area contributed by atoms with Crippen molar-refractivity contribution in [3.05, 3.63) is 48.3 Å². The average molecular weight is 407 g/mol. The predicted molar refractivity (Wildman–Crippen MR) is 99.0 cm³/mol. The minimum atomic E-state index is -5.01. The van der Waals surface area contributed by atoms with Crippen molar-refractivity contribution in [3.63, 3.8) is 0 Å². The second-order valence-corrected chi connectivity index (χ2v) is 6.01. The number of aromatic nitrogens is 2. The molecule has 0 saturated carbocycles. The number of nitriles is 1. The SMILES string of the molecule is Cn1cnc2c(NC(=O)N(S)c3ccc(C#N)cc3OC(F)(F)F)cccc21. The molecule has 0 aliphatic heterocycles. The largest absolute Gasteiger partial charge is 0.573 e. The van der Waals surface area contributed by atoms with Gasteiger partial charge in [-0.3, -0.25) is 0 Å². The lowest BCUT2D eigenvalue weighted by atomic mass is 10.2. The number of nitrogens with one attached hydrogen (secondary N) is 1. The van der Waals surface area contributed by atoms with Gasteiger partial charge in [-0.2, -0.15) is 5.26 Å². The Kier molecular flexibility index (Phi) is 5.06. The highest BCUT2D eigenvalue weighted by molar-refractivity contribution is 7.82. The number of halogens is 3. The first-order valence-electron chi connectivity index (χ1n) is 7.69. The molecule has 0 atom stereocenters. The van der Waals surface area contributed by atoms with Crippen molar-refractivity contribution in [2.45, 2.75) is 6.36 Å². The Morgan fingerprint density at radius 2 is 2.11 bits per heavy atom. The summed E-state index contributed by atoms with van der Waals surface area (Å²) in [7, 11) is 1.78. The number of rotatable bonds is 3. The molecular weight excluding hydrogens is 395 g/mol. The molecule has 0 aliphatic carbocycles. The third-order valence-corrected chi connectivity index (χ3v) is 4.13. The van der Waals surface area contributed by atoms with Gasteiger partial charge >= 0.3 is 12.4 Å². The maximum Gasteiger partial charge on any atom is 0.573 e. The van der Waals surface area contributed by atoms with Crippen LogP contribution in [0.1, 0.15) is 5.56 Å². The number of ether oxygens (including phenoxy) is 1. The summed E-state index contributed by atoms with van der Waals surface area (Å²) >= 11 is 3.99. The molecule has 0 aliphatic rings. The third kappa shape index (κ3) is 3.96. The van der Waals surface area contributed by atoms with Gasteiger partial charge in [0.2, 0.25) is 0 Å². The number of thiol groups is 1. The summed E-state index contributed by atoms with van der Waals surface area (Å²) in [4.78, 5) is 16.7. The highest BCUT2D eigenvalue weighted by Gasteiger charge is 2.33. The van der Waals surface area contributed by atoms with Crippen LogP contribution >= 0.6 is 12.8 Å². The topological polar surface area (TPSA) is 83.2 Å². The van der Waals surface area contributed by atoms with E-state index in [-0.39, 0.29) is 11.3 Å². The number of hydrogen-bond donors (Lipinski definition) is 2. The molecule has 28 heavy (non-hydrogen) atoms. The van der Waals surface area contributed by atoms with Crippen molar-refractivity contribution in [1.29, 1.82) is 5.26 Å². The maximum absolute atomic E-state index is 12.7. The molecule has 144 valence electrons. The van der Waals surface area contributed by atoms with E-state index in [1.807, 2.05) is 0 Å². The molecule has 2 amide bonds. The van der Waals surface area contributed by atoms with Crippen LogP contribution in [0.4, 0.5) is 29.3 Å². The zero-order chi connectivity index (χ0) is 20.5. The van der Waals surface area contributed by atoms with Gasteiger partial charge in [-0.05, 0) is 24.3 Å². The number of nitrogens with zero attached hydrogens (tertiary/aromatic N) is 4. The van der Waals surface area contributed by atoms with Gasteiger partial charge in [-0.25, -0.2) is 14.1 Å². The molecular formula is C17H12F3N5O2S. The summed E-state index contributed by atoms with van der Waals surface area (Å²) in [6.45, 7) is 0. The second kappa shape index (κ2) is 7.32. The highest BCUT2D eigenvalue weighted by atomic mass is 32.1. The number of aryl methyl sites for hydroxylation is 1. The van der Waals surface area contributed by atoms with Gasteiger partial charge in [0.15, 0.2) is 5.75 Å². The number of anilines is 2. The number of urea groups is 1. The number of amides is 2. The quantitative estimate of drug-likeness (QED) is 0.637. The smallest absolute Gasteiger partial charge is 0.403 e.